The van der Waals surface area contributed by atoms with Gasteiger partial charge < -0.3 is 14.5 Å². The summed E-state index contributed by atoms with van der Waals surface area (Å²) in [4.78, 5) is 28.0. The van der Waals surface area contributed by atoms with Crippen LogP contribution in [-0.2, 0) is 17.7 Å². The topological polar surface area (TPSA) is 58.6 Å². The first-order valence-corrected chi connectivity index (χ1v) is 9.89. The molecule has 26 heavy (non-hydrogen) atoms. The van der Waals surface area contributed by atoms with Crippen molar-refractivity contribution in [3.05, 3.63) is 39.0 Å². The number of thiophene rings is 1. The molecule has 0 radical (unpaired) electrons. The second kappa shape index (κ2) is 6.96. The summed E-state index contributed by atoms with van der Waals surface area (Å²) in [6, 6.07) is 3.98. The molecule has 4 rings (SSSR count). The summed E-state index contributed by atoms with van der Waals surface area (Å²) in [6.07, 6.45) is 3.11. The zero-order valence-corrected chi connectivity index (χ0v) is 16.3. The summed E-state index contributed by atoms with van der Waals surface area (Å²) in [5, 5.41) is 0. The van der Waals surface area contributed by atoms with Crippen LogP contribution in [0.2, 0.25) is 0 Å². The lowest BCUT2D eigenvalue weighted by Gasteiger charge is -2.30. The Balaban J connectivity index is 1.54. The van der Waals surface area contributed by atoms with E-state index in [0.29, 0.717) is 13.1 Å². The number of rotatable bonds is 3. The smallest absolute Gasteiger partial charge is 0.264 e. The van der Waals surface area contributed by atoms with Crippen molar-refractivity contribution in [3.8, 4) is 0 Å². The number of aryl methyl sites for hydroxylation is 1. The molecule has 2 aromatic heterocycles. The molecule has 0 spiro atoms. The van der Waals surface area contributed by atoms with Crippen molar-refractivity contribution in [2.24, 2.45) is 0 Å². The maximum Gasteiger partial charge on any atom is 0.264 e. The van der Waals surface area contributed by atoms with Crippen molar-refractivity contribution in [1.82, 2.24) is 14.9 Å². The quantitative estimate of drug-likeness (QED) is 0.829. The number of ether oxygens (including phenoxy) is 1. The minimum atomic E-state index is 0.0903. The zero-order valence-electron chi connectivity index (χ0n) is 15.5. The van der Waals surface area contributed by atoms with Crippen LogP contribution in [0.15, 0.2) is 12.1 Å². The minimum absolute atomic E-state index is 0.0903. The molecular formula is C19H24N4O2S. The zero-order chi connectivity index (χ0) is 18.3. The molecule has 1 saturated heterocycles. The number of carbonyl (C=O) groups is 1. The van der Waals surface area contributed by atoms with E-state index in [1.807, 2.05) is 43.0 Å². The third-order valence-corrected chi connectivity index (χ3v) is 6.12. The first-order valence-electron chi connectivity index (χ1n) is 9.07. The molecule has 0 aliphatic carbocycles. The van der Waals surface area contributed by atoms with E-state index in [9.17, 15) is 4.79 Å². The van der Waals surface area contributed by atoms with Crippen molar-refractivity contribution >= 4 is 23.1 Å². The van der Waals surface area contributed by atoms with Gasteiger partial charge in [0.15, 0.2) is 0 Å². The fraction of sp³-hybridized carbons (Fsp3) is 0.526. The molecule has 2 aliphatic heterocycles. The molecule has 2 aliphatic rings. The molecule has 0 bridgehead atoms. The van der Waals surface area contributed by atoms with E-state index < -0.39 is 0 Å². The summed E-state index contributed by atoms with van der Waals surface area (Å²) in [5.41, 5.74) is 2.13. The van der Waals surface area contributed by atoms with Crippen LogP contribution < -0.4 is 4.90 Å². The standard InChI is InChI=1S/C19H24N4O2S/c1-12-20-14-11-23(9-8-13(14)18(21-12)22(2)3)19(24)17-7-6-16(26-17)15-5-4-10-25-15/h6-7,15H,4-5,8-11H2,1-3H3/t15-/m1/s1. The number of hydrogen-bond acceptors (Lipinski definition) is 6. The Bertz CT molecular complexity index is 827. The fourth-order valence-corrected chi connectivity index (χ4v) is 4.73. The SMILES string of the molecule is Cc1nc2c(c(N(C)C)n1)CCN(C(=O)c1ccc([C@H]3CCCO3)s1)C2. The van der Waals surface area contributed by atoms with Gasteiger partial charge in [-0.1, -0.05) is 0 Å². The molecule has 2 aromatic rings. The second-order valence-electron chi connectivity index (χ2n) is 7.09. The minimum Gasteiger partial charge on any atom is -0.373 e. The molecule has 6 nitrogen and oxygen atoms in total. The molecule has 1 atom stereocenters. The van der Waals surface area contributed by atoms with Crippen molar-refractivity contribution in [3.63, 3.8) is 0 Å². The summed E-state index contributed by atoms with van der Waals surface area (Å²) < 4.78 is 5.74. The van der Waals surface area contributed by atoms with Crippen molar-refractivity contribution < 1.29 is 9.53 Å². The lowest BCUT2D eigenvalue weighted by atomic mass is 10.0. The maximum atomic E-state index is 13.0. The normalized spacial score (nSPS) is 19.5. The number of amides is 1. The van der Waals surface area contributed by atoms with Gasteiger partial charge in [-0.05, 0) is 38.3 Å². The van der Waals surface area contributed by atoms with Crippen LogP contribution in [0.5, 0.6) is 0 Å². The highest BCUT2D eigenvalue weighted by molar-refractivity contribution is 7.14. The molecule has 0 aromatic carbocycles. The average Bonchev–Trinajstić information content (AvgIpc) is 3.30. The lowest BCUT2D eigenvalue weighted by molar-refractivity contribution is 0.0736. The molecule has 0 saturated carbocycles. The van der Waals surface area contributed by atoms with Crippen molar-refractivity contribution in [1.29, 1.82) is 0 Å². The molecule has 0 unspecified atom stereocenters. The Hall–Kier alpha value is -1.99. The molecule has 1 amide bonds. The molecular weight excluding hydrogens is 348 g/mol. The van der Waals surface area contributed by atoms with Crippen LogP contribution in [0.25, 0.3) is 0 Å². The van der Waals surface area contributed by atoms with Gasteiger partial charge in [0.2, 0.25) is 0 Å². The molecule has 7 heteroatoms. The number of fused-ring (bicyclic) bond motifs is 1. The molecule has 138 valence electrons. The third-order valence-electron chi connectivity index (χ3n) is 4.95. The van der Waals surface area contributed by atoms with Crippen LogP contribution in [-0.4, -0.2) is 48.0 Å². The van der Waals surface area contributed by atoms with Gasteiger partial charge in [-0.25, -0.2) is 9.97 Å². The van der Waals surface area contributed by atoms with Gasteiger partial charge in [0, 0.05) is 37.7 Å². The predicted molar refractivity (Wildman–Crippen MR) is 102 cm³/mol. The summed E-state index contributed by atoms with van der Waals surface area (Å²) >= 11 is 1.57. The van der Waals surface area contributed by atoms with Gasteiger partial charge in [0.25, 0.3) is 5.91 Å². The van der Waals surface area contributed by atoms with Crippen LogP contribution in [0.1, 0.15) is 50.6 Å². The number of anilines is 1. The first kappa shape index (κ1) is 17.4. The van der Waals surface area contributed by atoms with E-state index in [1.54, 1.807) is 11.3 Å². The largest absolute Gasteiger partial charge is 0.373 e. The van der Waals surface area contributed by atoms with Gasteiger partial charge in [-0.3, -0.25) is 4.79 Å². The predicted octanol–water partition coefficient (Wildman–Crippen LogP) is 2.96. The lowest BCUT2D eigenvalue weighted by Crippen LogP contribution is -2.37. The Morgan fingerprint density at radius 3 is 2.92 bits per heavy atom. The fourth-order valence-electron chi connectivity index (χ4n) is 3.67. The number of hydrogen-bond donors (Lipinski definition) is 0. The van der Waals surface area contributed by atoms with E-state index in [0.717, 1.165) is 58.5 Å². The van der Waals surface area contributed by atoms with Crippen molar-refractivity contribution in [2.45, 2.75) is 38.8 Å². The highest BCUT2D eigenvalue weighted by atomic mass is 32.1. The molecule has 0 N–H and O–H groups in total. The van der Waals surface area contributed by atoms with Gasteiger partial charge in [0.1, 0.15) is 11.6 Å². The monoisotopic (exact) mass is 372 g/mol. The number of aromatic nitrogens is 2. The second-order valence-corrected chi connectivity index (χ2v) is 8.21. The van der Waals surface area contributed by atoms with Gasteiger partial charge in [-0.2, -0.15) is 0 Å². The van der Waals surface area contributed by atoms with Crippen LogP contribution in [0.4, 0.5) is 5.82 Å². The van der Waals surface area contributed by atoms with Gasteiger partial charge in [-0.15, -0.1) is 11.3 Å². The van der Waals surface area contributed by atoms with E-state index in [1.165, 1.54) is 0 Å². The number of nitrogens with zero attached hydrogens (tertiary/aromatic N) is 4. The first-order chi connectivity index (χ1) is 12.5. The van der Waals surface area contributed by atoms with E-state index in [-0.39, 0.29) is 12.0 Å². The highest BCUT2D eigenvalue weighted by Gasteiger charge is 2.28. The highest BCUT2D eigenvalue weighted by Crippen LogP contribution is 2.34. The average molecular weight is 372 g/mol. The Kier molecular flexibility index (Phi) is 4.67. The Labute approximate surface area is 157 Å². The Morgan fingerprint density at radius 1 is 1.35 bits per heavy atom. The van der Waals surface area contributed by atoms with Crippen LogP contribution in [0.3, 0.4) is 0 Å². The van der Waals surface area contributed by atoms with Crippen LogP contribution >= 0.6 is 11.3 Å². The maximum absolute atomic E-state index is 13.0. The number of carbonyl (C=O) groups excluding carboxylic acids is 1. The third kappa shape index (κ3) is 3.21. The summed E-state index contributed by atoms with van der Waals surface area (Å²) in [7, 11) is 4.00. The summed E-state index contributed by atoms with van der Waals surface area (Å²) in [6.45, 7) is 3.97. The van der Waals surface area contributed by atoms with Crippen LogP contribution in [0, 0.1) is 6.92 Å². The summed E-state index contributed by atoms with van der Waals surface area (Å²) in [5.74, 6) is 1.81. The van der Waals surface area contributed by atoms with Crippen molar-refractivity contribution in [2.75, 3.05) is 32.1 Å². The van der Waals surface area contributed by atoms with Gasteiger partial charge >= 0.3 is 0 Å². The van der Waals surface area contributed by atoms with E-state index in [4.69, 9.17) is 4.74 Å². The van der Waals surface area contributed by atoms with E-state index >= 15 is 0 Å². The van der Waals surface area contributed by atoms with E-state index in [2.05, 4.69) is 9.97 Å². The molecule has 4 heterocycles. The Morgan fingerprint density at radius 2 is 2.19 bits per heavy atom. The molecule has 1 fully saturated rings. The van der Waals surface area contributed by atoms with Gasteiger partial charge in [0.05, 0.1) is 23.2 Å².